The fourth-order valence-corrected chi connectivity index (χ4v) is 8.79. The van der Waals surface area contributed by atoms with Crippen molar-refractivity contribution in [2.24, 2.45) is 0 Å². The molecule has 0 aromatic heterocycles. The highest BCUT2D eigenvalue weighted by molar-refractivity contribution is 7.98. The standard InChI is InChI=1S/C43H48N4O10S2/c1-52-32-17-22-9-13-28(26-19-30(48)34(58-7)15-11-24(26)36(22)40(56-5)38(32)54-3)46-42(50)44-21-45-43(51)47-29-14-10-23-18-33(53-2)39(55-4)41(57-6)37(23)25-12-16-35(59-8)31(49)20-27(25)29/h11-12,15-20,28-29H,9-10,13-14,21H2,1-8H3,(H2,44,46,50)(H2,45,47,51)/t28-,29-/m0/s1. The Balaban J connectivity index is 1.23. The number of benzene rings is 2. The van der Waals surface area contributed by atoms with Crippen molar-refractivity contribution in [3.63, 3.8) is 0 Å². The van der Waals surface area contributed by atoms with Crippen molar-refractivity contribution in [1.82, 2.24) is 21.3 Å². The number of hydrogen-bond donors (Lipinski definition) is 4. The van der Waals surface area contributed by atoms with Gasteiger partial charge in [-0.2, -0.15) is 0 Å². The molecule has 0 saturated carbocycles. The predicted molar refractivity (Wildman–Crippen MR) is 229 cm³/mol. The number of aryl methyl sites for hydroxylation is 2. The third-order valence-corrected chi connectivity index (χ3v) is 12.1. The second kappa shape index (κ2) is 18.9. The van der Waals surface area contributed by atoms with Crippen LogP contribution in [0.4, 0.5) is 9.59 Å². The number of urea groups is 2. The van der Waals surface area contributed by atoms with Crippen LogP contribution in [-0.2, 0) is 12.8 Å². The minimum absolute atomic E-state index is 0.186. The zero-order valence-electron chi connectivity index (χ0n) is 34.2. The first-order valence-electron chi connectivity index (χ1n) is 18.7. The van der Waals surface area contributed by atoms with Crippen LogP contribution in [-0.4, -0.2) is 73.9 Å². The lowest BCUT2D eigenvalue weighted by Gasteiger charge is -2.21. The van der Waals surface area contributed by atoms with E-state index in [0.717, 1.165) is 22.3 Å². The monoisotopic (exact) mass is 844 g/mol. The van der Waals surface area contributed by atoms with Crippen molar-refractivity contribution in [2.45, 2.75) is 47.6 Å². The van der Waals surface area contributed by atoms with Gasteiger partial charge in [-0.05, 0) is 108 Å². The second-order valence-electron chi connectivity index (χ2n) is 13.6. The lowest BCUT2D eigenvalue weighted by atomic mass is 9.95. The second-order valence-corrected chi connectivity index (χ2v) is 15.3. The molecule has 14 nitrogen and oxygen atoms in total. The Labute approximate surface area is 351 Å². The van der Waals surface area contributed by atoms with Gasteiger partial charge in [0.15, 0.2) is 33.9 Å². The summed E-state index contributed by atoms with van der Waals surface area (Å²) in [6, 6.07) is 11.9. The molecular formula is C43H48N4O10S2. The molecule has 2 atom stereocenters. The summed E-state index contributed by atoms with van der Waals surface area (Å²) in [5.41, 5.74) is 5.54. The molecule has 0 radical (unpaired) electrons. The van der Waals surface area contributed by atoms with Gasteiger partial charge in [0, 0.05) is 11.1 Å². The van der Waals surface area contributed by atoms with Gasteiger partial charge in [0.05, 0.1) is 71.2 Å². The van der Waals surface area contributed by atoms with Gasteiger partial charge in [-0.1, -0.05) is 12.1 Å². The average molecular weight is 845 g/mol. The molecule has 0 heterocycles. The first-order valence-corrected chi connectivity index (χ1v) is 21.2. The molecule has 0 aliphatic heterocycles. The van der Waals surface area contributed by atoms with E-state index < -0.39 is 24.1 Å². The molecule has 59 heavy (non-hydrogen) atoms. The maximum absolute atomic E-state index is 13.5. The van der Waals surface area contributed by atoms with E-state index in [0.29, 0.717) is 92.2 Å². The van der Waals surface area contributed by atoms with Crippen LogP contribution < -0.4 is 60.5 Å². The summed E-state index contributed by atoms with van der Waals surface area (Å²) in [4.78, 5) is 54.8. The number of fused-ring (bicyclic) bond motifs is 6. The largest absolute Gasteiger partial charge is 0.493 e. The fraction of sp³-hybridized carbons (Fsp3) is 0.349. The van der Waals surface area contributed by atoms with Crippen LogP contribution in [0.3, 0.4) is 0 Å². The predicted octanol–water partition coefficient (Wildman–Crippen LogP) is 6.47. The number of methoxy groups -OCH3 is 6. The fourth-order valence-electron chi connectivity index (χ4n) is 7.86. The van der Waals surface area contributed by atoms with Crippen LogP contribution in [0.25, 0.3) is 22.3 Å². The Bertz CT molecular complexity index is 2230. The molecule has 4 aromatic carbocycles. The molecule has 4 N–H and O–H groups in total. The molecular weight excluding hydrogens is 797 g/mol. The van der Waals surface area contributed by atoms with Gasteiger partial charge in [0.25, 0.3) is 0 Å². The number of carbonyl (C=O) groups excluding carboxylic acids is 2. The number of amides is 4. The minimum atomic E-state index is -0.589. The van der Waals surface area contributed by atoms with E-state index in [1.165, 1.54) is 37.7 Å². The van der Waals surface area contributed by atoms with Crippen LogP contribution in [0.5, 0.6) is 34.5 Å². The van der Waals surface area contributed by atoms with Gasteiger partial charge in [0.2, 0.25) is 11.5 Å². The highest BCUT2D eigenvalue weighted by Crippen LogP contribution is 2.51. The number of ether oxygens (including phenoxy) is 6. The Morgan fingerprint density at radius 3 is 1.31 bits per heavy atom. The number of rotatable bonds is 12. The number of carbonyl (C=O) groups is 2. The molecule has 0 bridgehead atoms. The van der Waals surface area contributed by atoms with Crippen LogP contribution in [0.1, 0.15) is 47.2 Å². The van der Waals surface area contributed by atoms with Crippen molar-refractivity contribution in [3.8, 4) is 56.8 Å². The van der Waals surface area contributed by atoms with Gasteiger partial charge in [0.1, 0.15) is 0 Å². The maximum atomic E-state index is 13.5. The summed E-state index contributed by atoms with van der Waals surface area (Å²) >= 11 is 2.67. The Kier molecular flexibility index (Phi) is 13.7. The number of thioether (sulfide) groups is 2. The van der Waals surface area contributed by atoms with Crippen molar-refractivity contribution in [1.29, 1.82) is 0 Å². The van der Waals surface area contributed by atoms with Gasteiger partial charge in [-0.3, -0.25) is 9.59 Å². The van der Waals surface area contributed by atoms with E-state index in [2.05, 4.69) is 21.3 Å². The Morgan fingerprint density at radius 2 is 0.966 bits per heavy atom. The molecule has 16 heteroatoms. The molecule has 0 unspecified atom stereocenters. The molecule has 2 aliphatic carbocycles. The van der Waals surface area contributed by atoms with E-state index >= 15 is 0 Å². The number of hydrogen-bond acceptors (Lipinski definition) is 12. The third kappa shape index (κ3) is 8.55. The first-order chi connectivity index (χ1) is 28.5. The van der Waals surface area contributed by atoms with Gasteiger partial charge in [-0.15, -0.1) is 23.5 Å². The quantitative estimate of drug-likeness (QED) is 0.0907. The molecule has 6 rings (SSSR count). The van der Waals surface area contributed by atoms with Crippen molar-refractivity contribution < 1.29 is 38.0 Å². The maximum Gasteiger partial charge on any atom is 0.316 e. The van der Waals surface area contributed by atoms with E-state index in [9.17, 15) is 19.2 Å². The summed E-state index contributed by atoms with van der Waals surface area (Å²) in [6.45, 7) is -0.223. The van der Waals surface area contributed by atoms with E-state index in [4.69, 9.17) is 28.4 Å². The van der Waals surface area contributed by atoms with E-state index in [1.54, 1.807) is 52.7 Å². The molecule has 0 saturated heterocycles. The minimum Gasteiger partial charge on any atom is -0.493 e. The first kappa shape index (κ1) is 42.9. The zero-order valence-corrected chi connectivity index (χ0v) is 35.8. The Hall–Kier alpha value is -5.74. The number of nitrogens with one attached hydrogen (secondary N) is 4. The smallest absolute Gasteiger partial charge is 0.316 e. The van der Waals surface area contributed by atoms with Crippen molar-refractivity contribution >= 4 is 35.6 Å². The van der Waals surface area contributed by atoms with E-state index in [-0.39, 0.29) is 17.5 Å². The summed E-state index contributed by atoms with van der Waals surface area (Å²) in [6.07, 6.45) is 5.58. The van der Waals surface area contributed by atoms with Gasteiger partial charge >= 0.3 is 12.1 Å². The lowest BCUT2D eigenvalue weighted by molar-refractivity contribution is 0.230. The van der Waals surface area contributed by atoms with Crippen LogP contribution >= 0.6 is 23.5 Å². The topological polar surface area (TPSA) is 172 Å². The average Bonchev–Trinajstić information content (AvgIpc) is 3.63. The highest BCUT2D eigenvalue weighted by Gasteiger charge is 2.32. The van der Waals surface area contributed by atoms with Crippen LogP contribution in [0, 0.1) is 0 Å². The van der Waals surface area contributed by atoms with Gasteiger partial charge < -0.3 is 49.7 Å². The molecule has 312 valence electrons. The van der Waals surface area contributed by atoms with Crippen molar-refractivity contribution in [3.05, 3.63) is 91.2 Å². The highest BCUT2D eigenvalue weighted by atomic mass is 32.2. The summed E-state index contributed by atoms with van der Waals surface area (Å²) in [7, 11) is 9.26. The molecule has 0 fully saturated rings. The normalized spacial score (nSPS) is 15.0. The summed E-state index contributed by atoms with van der Waals surface area (Å²) < 4.78 is 34.4. The van der Waals surface area contributed by atoms with Crippen LogP contribution in [0.15, 0.2) is 67.9 Å². The van der Waals surface area contributed by atoms with Gasteiger partial charge in [-0.25, -0.2) is 9.59 Å². The molecule has 4 aromatic rings. The van der Waals surface area contributed by atoms with Crippen LogP contribution in [0.2, 0.25) is 0 Å². The molecule has 4 amide bonds. The molecule has 2 aliphatic rings. The zero-order chi connectivity index (χ0) is 42.4. The SMILES string of the molecule is COc1cc2c(c(OC)c1OC)-c1ccc(SC)c(=O)cc1[C@@H](NC(=O)NCNC(=O)N[C@H]1CCc3cc(OC)c(OC)c(OC)c3-c3ccc(SC)c(=O)cc31)CC2. The molecule has 0 spiro atoms. The third-order valence-electron chi connectivity index (χ3n) is 10.5. The Morgan fingerprint density at radius 1 is 0.576 bits per heavy atom. The summed E-state index contributed by atoms with van der Waals surface area (Å²) in [5.74, 6) is 2.73. The lowest BCUT2D eigenvalue weighted by Crippen LogP contribution is -2.47. The van der Waals surface area contributed by atoms with Crippen molar-refractivity contribution in [2.75, 3.05) is 61.8 Å². The summed E-state index contributed by atoms with van der Waals surface area (Å²) in [5, 5.41) is 11.5. The van der Waals surface area contributed by atoms with E-state index in [1.807, 2.05) is 36.8 Å².